The molecule has 1 saturated heterocycles. The van der Waals surface area contributed by atoms with Crippen LogP contribution < -0.4 is 4.90 Å². The highest BCUT2D eigenvalue weighted by Gasteiger charge is 2.31. The maximum absolute atomic E-state index is 12.8. The van der Waals surface area contributed by atoms with Crippen LogP contribution in [0.3, 0.4) is 0 Å². The third-order valence-corrected chi connectivity index (χ3v) is 4.33. The summed E-state index contributed by atoms with van der Waals surface area (Å²) in [5, 5.41) is 10.0. The van der Waals surface area contributed by atoms with Crippen LogP contribution in [0.5, 0.6) is 0 Å². The lowest BCUT2D eigenvalue weighted by Gasteiger charge is -2.37. The molecule has 25 heavy (non-hydrogen) atoms. The quantitative estimate of drug-likeness (QED) is 0.723. The number of anilines is 1. The molecule has 1 N–H and O–H groups in total. The monoisotopic (exact) mass is 360 g/mol. The van der Waals surface area contributed by atoms with Crippen molar-refractivity contribution >= 4 is 5.69 Å². The summed E-state index contributed by atoms with van der Waals surface area (Å²) >= 11 is 0. The average molecular weight is 360 g/mol. The van der Waals surface area contributed by atoms with Crippen LogP contribution in [0, 0.1) is 0 Å². The Morgan fingerprint density at radius 1 is 1.20 bits per heavy atom. The molecule has 1 heterocycles. The van der Waals surface area contributed by atoms with E-state index in [0.717, 1.165) is 18.9 Å². The summed E-state index contributed by atoms with van der Waals surface area (Å²) < 4.78 is 43.9. The summed E-state index contributed by atoms with van der Waals surface area (Å²) in [4.78, 5) is 4.08. The Bertz CT molecular complexity index is 517. The number of benzene rings is 1. The average Bonchev–Trinajstić information content (AvgIpc) is 2.59. The van der Waals surface area contributed by atoms with Gasteiger partial charge in [0, 0.05) is 45.0 Å². The number of alkyl halides is 3. The van der Waals surface area contributed by atoms with Gasteiger partial charge in [0.2, 0.25) is 0 Å². The largest absolute Gasteiger partial charge is 0.416 e. The van der Waals surface area contributed by atoms with Crippen molar-refractivity contribution in [3.63, 3.8) is 0 Å². The highest BCUT2D eigenvalue weighted by molar-refractivity contribution is 5.49. The van der Waals surface area contributed by atoms with Crippen LogP contribution >= 0.6 is 0 Å². The molecule has 1 atom stereocenters. The van der Waals surface area contributed by atoms with Gasteiger partial charge in [0.25, 0.3) is 0 Å². The van der Waals surface area contributed by atoms with Crippen LogP contribution in [0.2, 0.25) is 0 Å². The number of aliphatic hydroxyl groups excluding tert-OH is 1. The second-order valence-electron chi connectivity index (χ2n) is 6.42. The minimum absolute atomic E-state index is 0.327. The van der Waals surface area contributed by atoms with Gasteiger partial charge in [0.15, 0.2) is 0 Å². The lowest BCUT2D eigenvalue weighted by Crippen LogP contribution is -2.49. The molecule has 1 unspecified atom stereocenters. The van der Waals surface area contributed by atoms with Gasteiger partial charge in [-0.2, -0.15) is 13.2 Å². The number of piperazine rings is 1. The van der Waals surface area contributed by atoms with Crippen molar-refractivity contribution in [3.05, 3.63) is 29.8 Å². The predicted octanol–water partition coefficient (Wildman–Crippen LogP) is 3.01. The molecule has 0 aromatic heterocycles. The summed E-state index contributed by atoms with van der Waals surface area (Å²) in [6.45, 7) is 6.32. The number of β-amino-alcohol motifs (C(OH)–C–C–N with tert-alkyl or cyclic N) is 1. The van der Waals surface area contributed by atoms with Crippen LogP contribution in [-0.4, -0.2) is 62.0 Å². The maximum atomic E-state index is 12.8. The normalized spacial score (nSPS) is 17.7. The van der Waals surface area contributed by atoms with E-state index < -0.39 is 17.8 Å². The lowest BCUT2D eigenvalue weighted by molar-refractivity contribution is -0.137. The number of ether oxygens (including phenoxy) is 1. The Hall–Kier alpha value is -1.31. The summed E-state index contributed by atoms with van der Waals surface area (Å²) in [6, 6.07) is 5.45. The molecule has 0 amide bonds. The van der Waals surface area contributed by atoms with Crippen molar-refractivity contribution in [3.8, 4) is 0 Å². The molecule has 1 aliphatic heterocycles. The molecule has 0 bridgehead atoms. The minimum atomic E-state index is -4.32. The summed E-state index contributed by atoms with van der Waals surface area (Å²) in [5.41, 5.74) is -0.0231. The Morgan fingerprint density at radius 3 is 2.56 bits per heavy atom. The number of aliphatic hydroxyl groups is 1. The zero-order valence-electron chi connectivity index (χ0n) is 14.6. The molecule has 1 aliphatic rings. The molecule has 2 rings (SSSR count). The van der Waals surface area contributed by atoms with E-state index in [-0.39, 0.29) is 0 Å². The van der Waals surface area contributed by atoms with E-state index in [0.29, 0.717) is 51.6 Å². The van der Waals surface area contributed by atoms with Crippen LogP contribution in [0.1, 0.15) is 25.3 Å². The second kappa shape index (κ2) is 9.40. The highest BCUT2D eigenvalue weighted by Crippen LogP contribution is 2.31. The van der Waals surface area contributed by atoms with Crippen LogP contribution in [0.4, 0.5) is 18.9 Å². The first-order valence-corrected chi connectivity index (χ1v) is 8.80. The van der Waals surface area contributed by atoms with E-state index in [4.69, 9.17) is 4.74 Å². The van der Waals surface area contributed by atoms with Crippen molar-refractivity contribution in [2.75, 3.05) is 50.8 Å². The smallest absolute Gasteiger partial charge is 0.389 e. The standard InChI is InChI=1S/C18H27F3N2O2/c1-2-3-11-25-14-17(24)13-22-7-9-23(10-8-22)16-6-4-5-15(12-16)18(19,20)21/h4-6,12,17,24H,2-3,7-11,13-14H2,1H3. The predicted molar refractivity (Wildman–Crippen MR) is 91.8 cm³/mol. The first-order chi connectivity index (χ1) is 11.9. The third-order valence-electron chi connectivity index (χ3n) is 4.33. The lowest BCUT2D eigenvalue weighted by atomic mass is 10.1. The molecule has 1 aromatic carbocycles. The number of unbranched alkanes of at least 4 members (excludes halogenated alkanes) is 1. The molecule has 0 radical (unpaired) electrons. The van der Waals surface area contributed by atoms with Crippen molar-refractivity contribution < 1.29 is 23.0 Å². The maximum Gasteiger partial charge on any atom is 0.416 e. The Labute approximate surface area is 147 Å². The van der Waals surface area contributed by atoms with Gasteiger partial charge in [-0.05, 0) is 24.6 Å². The van der Waals surface area contributed by atoms with E-state index in [1.165, 1.54) is 12.1 Å². The van der Waals surface area contributed by atoms with Gasteiger partial charge in [-0.3, -0.25) is 4.90 Å². The Morgan fingerprint density at radius 2 is 1.92 bits per heavy atom. The molecule has 1 aromatic rings. The zero-order chi connectivity index (χ0) is 18.3. The summed E-state index contributed by atoms with van der Waals surface area (Å²) in [6.07, 6.45) is -2.80. The van der Waals surface area contributed by atoms with E-state index in [9.17, 15) is 18.3 Å². The van der Waals surface area contributed by atoms with Crippen molar-refractivity contribution in [1.29, 1.82) is 0 Å². The molecular formula is C18H27F3N2O2. The number of nitrogens with zero attached hydrogens (tertiary/aromatic N) is 2. The summed E-state index contributed by atoms with van der Waals surface area (Å²) in [5.74, 6) is 0. The molecule has 7 heteroatoms. The molecule has 4 nitrogen and oxygen atoms in total. The van der Waals surface area contributed by atoms with Crippen LogP contribution in [0.25, 0.3) is 0 Å². The van der Waals surface area contributed by atoms with Gasteiger partial charge in [-0.15, -0.1) is 0 Å². The van der Waals surface area contributed by atoms with E-state index in [1.807, 2.05) is 4.90 Å². The molecular weight excluding hydrogens is 333 g/mol. The van der Waals surface area contributed by atoms with E-state index in [2.05, 4.69) is 11.8 Å². The molecule has 0 aliphatic carbocycles. The number of halogens is 3. The first-order valence-electron chi connectivity index (χ1n) is 8.80. The molecule has 0 spiro atoms. The second-order valence-corrected chi connectivity index (χ2v) is 6.42. The number of hydrogen-bond donors (Lipinski definition) is 1. The van der Waals surface area contributed by atoms with Crippen molar-refractivity contribution in [2.24, 2.45) is 0 Å². The van der Waals surface area contributed by atoms with Gasteiger partial charge < -0.3 is 14.7 Å². The Balaban J connectivity index is 1.78. The molecule has 0 saturated carbocycles. The van der Waals surface area contributed by atoms with E-state index in [1.54, 1.807) is 6.07 Å². The molecule has 142 valence electrons. The fourth-order valence-corrected chi connectivity index (χ4v) is 2.88. The van der Waals surface area contributed by atoms with Gasteiger partial charge in [-0.25, -0.2) is 0 Å². The van der Waals surface area contributed by atoms with Crippen LogP contribution in [-0.2, 0) is 10.9 Å². The van der Waals surface area contributed by atoms with E-state index >= 15 is 0 Å². The Kier molecular flexibility index (Phi) is 7.53. The van der Waals surface area contributed by atoms with Gasteiger partial charge >= 0.3 is 6.18 Å². The number of hydrogen-bond acceptors (Lipinski definition) is 4. The minimum Gasteiger partial charge on any atom is -0.389 e. The van der Waals surface area contributed by atoms with Gasteiger partial charge in [0.1, 0.15) is 0 Å². The topological polar surface area (TPSA) is 35.9 Å². The summed E-state index contributed by atoms with van der Waals surface area (Å²) in [7, 11) is 0. The van der Waals surface area contributed by atoms with Crippen molar-refractivity contribution in [1.82, 2.24) is 4.90 Å². The molecule has 1 fully saturated rings. The van der Waals surface area contributed by atoms with Gasteiger partial charge in [0.05, 0.1) is 18.3 Å². The van der Waals surface area contributed by atoms with Crippen LogP contribution in [0.15, 0.2) is 24.3 Å². The van der Waals surface area contributed by atoms with Gasteiger partial charge in [-0.1, -0.05) is 19.4 Å². The zero-order valence-corrected chi connectivity index (χ0v) is 14.6. The van der Waals surface area contributed by atoms with Crippen molar-refractivity contribution in [2.45, 2.75) is 32.0 Å². The highest BCUT2D eigenvalue weighted by atomic mass is 19.4. The number of rotatable bonds is 8. The SMILES string of the molecule is CCCCOCC(O)CN1CCN(c2cccc(C(F)(F)F)c2)CC1. The third kappa shape index (κ3) is 6.49. The first kappa shape index (κ1) is 20.0. The fourth-order valence-electron chi connectivity index (χ4n) is 2.88. The fraction of sp³-hybridized carbons (Fsp3) is 0.667.